The maximum absolute atomic E-state index is 12.4. The van der Waals surface area contributed by atoms with E-state index in [0.717, 1.165) is 11.1 Å². The lowest BCUT2D eigenvalue weighted by atomic mass is 10.1. The fourth-order valence-corrected chi connectivity index (χ4v) is 2.83. The number of aryl methyl sites for hydroxylation is 1. The Morgan fingerprint density at radius 1 is 1.21 bits per heavy atom. The second kappa shape index (κ2) is 7.69. The SMILES string of the molecule is Cc1ccc(C2CN(C(=O)NCc3ccc(Cl)cc3)CCO2)cc1. The summed E-state index contributed by atoms with van der Waals surface area (Å²) in [5.41, 5.74) is 3.35. The van der Waals surface area contributed by atoms with Gasteiger partial charge in [-0.3, -0.25) is 0 Å². The first-order chi connectivity index (χ1) is 11.6. The molecule has 2 aromatic carbocycles. The standard InChI is InChI=1S/C19H21ClN2O2/c1-14-2-6-16(7-3-14)18-13-22(10-11-24-18)19(23)21-12-15-4-8-17(20)9-5-15/h2-9,18H,10-13H2,1H3,(H,21,23). The predicted octanol–water partition coefficient (Wildman–Crippen LogP) is 3.93. The summed E-state index contributed by atoms with van der Waals surface area (Å²) in [6.45, 7) is 4.27. The molecule has 0 bridgehead atoms. The summed E-state index contributed by atoms with van der Waals surface area (Å²) < 4.78 is 5.82. The van der Waals surface area contributed by atoms with Crippen LogP contribution in [0.1, 0.15) is 22.8 Å². The normalized spacial score (nSPS) is 17.6. The van der Waals surface area contributed by atoms with Gasteiger partial charge in [-0.25, -0.2) is 4.79 Å². The Bertz CT molecular complexity index is 686. The Hall–Kier alpha value is -2.04. The molecule has 24 heavy (non-hydrogen) atoms. The van der Waals surface area contributed by atoms with Crippen LogP contribution >= 0.6 is 11.6 Å². The molecule has 1 aliphatic heterocycles. The van der Waals surface area contributed by atoms with Crippen LogP contribution < -0.4 is 5.32 Å². The number of nitrogens with one attached hydrogen (secondary N) is 1. The number of carbonyl (C=O) groups is 1. The van der Waals surface area contributed by atoms with Gasteiger partial charge in [0.2, 0.25) is 0 Å². The lowest BCUT2D eigenvalue weighted by Crippen LogP contribution is -2.46. The van der Waals surface area contributed by atoms with Crippen molar-refractivity contribution in [2.45, 2.75) is 19.6 Å². The molecule has 1 atom stereocenters. The Morgan fingerprint density at radius 2 is 1.92 bits per heavy atom. The highest BCUT2D eigenvalue weighted by Gasteiger charge is 2.25. The molecule has 1 unspecified atom stereocenters. The van der Waals surface area contributed by atoms with Crippen LogP contribution in [-0.4, -0.2) is 30.6 Å². The Kier molecular flexibility index (Phi) is 5.38. The van der Waals surface area contributed by atoms with Crippen molar-refractivity contribution in [2.75, 3.05) is 19.7 Å². The lowest BCUT2D eigenvalue weighted by molar-refractivity contribution is -0.0154. The highest BCUT2D eigenvalue weighted by molar-refractivity contribution is 6.30. The number of nitrogens with zero attached hydrogens (tertiary/aromatic N) is 1. The maximum Gasteiger partial charge on any atom is 0.317 e. The van der Waals surface area contributed by atoms with Gasteiger partial charge < -0.3 is 15.0 Å². The number of benzene rings is 2. The van der Waals surface area contributed by atoms with Crippen molar-refractivity contribution in [3.05, 3.63) is 70.2 Å². The van der Waals surface area contributed by atoms with Crippen LogP contribution in [-0.2, 0) is 11.3 Å². The lowest BCUT2D eigenvalue weighted by Gasteiger charge is -2.33. The zero-order chi connectivity index (χ0) is 16.9. The van der Waals surface area contributed by atoms with Gasteiger partial charge in [-0.05, 0) is 30.2 Å². The number of urea groups is 1. The van der Waals surface area contributed by atoms with Gasteiger partial charge in [0.05, 0.1) is 13.2 Å². The molecule has 3 rings (SSSR count). The van der Waals surface area contributed by atoms with Gasteiger partial charge in [0.15, 0.2) is 0 Å². The molecule has 5 heteroatoms. The summed E-state index contributed by atoms with van der Waals surface area (Å²) in [5, 5.41) is 3.65. The van der Waals surface area contributed by atoms with Gasteiger partial charge in [-0.2, -0.15) is 0 Å². The number of halogens is 1. The van der Waals surface area contributed by atoms with Gasteiger partial charge in [0.25, 0.3) is 0 Å². The van der Waals surface area contributed by atoms with Crippen molar-refractivity contribution in [3.8, 4) is 0 Å². The molecule has 4 nitrogen and oxygen atoms in total. The third-order valence-corrected chi connectivity index (χ3v) is 4.41. The number of hydrogen-bond donors (Lipinski definition) is 1. The summed E-state index contributed by atoms with van der Waals surface area (Å²) in [5.74, 6) is 0. The summed E-state index contributed by atoms with van der Waals surface area (Å²) in [7, 11) is 0. The van der Waals surface area contributed by atoms with E-state index >= 15 is 0 Å². The molecule has 0 aliphatic carbocycles. The third kappa shape index (κ3) is 4.28. The van der Waals surface area contributed by atoms with E-state index in [0.29, 0.717) is 31.3 Å². The molecular weight excluding hydrogens is 324 g/mol. The zero-order valence-corrected chi connectivity index (χ0v) is 14.4. The van der Waals surface area contributed by atoms with Crippen LogP contribution in [0.2, 0.25) is 5.02 Å². The number of rotatable bonds is 3. The van der Waals surface area contributed by atoms with E-state index in [1.807, 2.05) is 29.2 Å². The molecule has 126 valence electrons. The molecule has 1 saturated heterocycles. The van der Waals surface area contributed by atoms with Crippen LogP contribution in [0.4, 0.5) is 4.79 Å². The van der Waals surface area contributed by atoms with Gasteiger partial charge in [0, 0.05) is 18.1 Å². The molecule has 2 amide bonds. The monoisotopic (exact) mass is 344 g/mol. The van der Waals surface area contributed by atoms with Gasteiger partial charge in [0.1, 0.15) is 6.10 Å². The van der Waals surface area contributed by atoms with E-state index in [9.17, 15) is 4.79 Å². The first-order valence-electron chi connectivity index (χ1n) is 8.07. The van der Waals surface area contributed by atoms with Crippen LogP contribution in [0.3, 0.4) is 0 Å². The van der Waals surface area contributed by atoms with Crippen LogP contribution in [0.15, 0.2) is 48.5 Å². The zero-order valence-electron chi connectivity index (χ0n) is 13.7. The van der Waals surface area contributed by atoms with Gasteiger partial charge >= 0.3 is 6.03 Å². The van der Waals surface area contributed by atoms with Gasteiger partial charge in [-0.15, -0.1) is 0 Å². The quantitative estimate of drug-likeness (QED) is 0.916. The van der Waals surface area contributed by atoms with Crippen molar-refractivity contribution in [3.63, 3.8) is 0 Å². The Balaban J connectivity index is 1.56. The van der Waals surface area contributed by atoms with Gasteiger partial charge in [-0.1, -0.05) is 53.6 Å². The first kappa shape index (κ1) is 16.8. The number of morpholine rings is 1. The van der Waals surface area contributed by atoms with Crippen LogP contribution in [0.5, 0.6) is 0 Å². The molecule has 0 saturated carbocycles. The van der Waals surface area contributed by atoms with E-state index in [2.05, 4.69) is 36.5 Å². The summed E-state index contributed by atoms with van der Waals surface area (Å²) in [4.78, 5) is 14.2. The third-order valence-electron chi connectivity index (χ3n) is 4.16. The largest absolute Gasteiger partial charge is 0.370 e. The molecule has 1 N–H and O–H groups in total. The topological polar surface area (TPSA) is 41.6 Å². The average Bonchev–Trinajstić information content (AvgIpc) is 2.62. The molecule has 2 aromatic rings. The van der Waals surface area contributed by atoms with E-state index < -0.39 is 0 Å². The minimum absolute atomic E-state index is 0.0645. The molecule has 0 aromatic heterocycles. The second-order valence-corrected chi connectivity index (χ2v) is 6.44. The molecule has 1 aliphatic rings. The van der Waals surface area contributed by atoms with Crippen LogP contribution in [0.25, 0.3) is 0 Å². The Morgan fingerprint density at radius 3 is 2.62 bits per heavy atom. The van der Waals surface area contributed by atoms with E-state index in [-0.39, 0.29) is 12.1 Å². The molecule has 1 heterocycles. The van der Waals surface area contributed by atoms with Crippen molar-refractivity contribution >= 4 is 17.6 Å². The average molecular weight is 345 g/mol. The molecular formula is C19H21ClN2O2. The molecule has 0 spiro atoms. The summed E-state index contributed by atoms with van der Waals surface area (Å²) in [6, 6.07) is 15.7. The minimum Gasteiger partial charge on any atom is -0.370 e. The molecule has 0 radical (unpaired) electrons. The second-order valence-electron chi connectivity index (χ2n) is 6.00. The summed E-state index contributed by atoms with van der Waals surface area (Å²) in [6.07, 6.45) is -0.0689. The van der Waals surface area contributed by atoms with E-state index in [4.69, 9.17) is 16.3 Å². The molecule has 1 fully saturated rings. The fourth-order valence-electron chi connectivity index (χ4n) is 2.71. The first-order valence-corrected chi connectivity index (χ1v) is 8.45. The number of hydrogen-bond acceptors (Lipinski definition) is 2. The van der Waals surface area contributed by atoms with Crippen molar-refractivity contribution in [1.29, 1.82) is 0 Å². The number of amides is 2. The highest BCUT2D eigenvalue weighted by atomic mass is 35.5. The van der Waals surface area contributed by atoms with Crippen molar-refractivity contribution in [2.24, 2.45) is 0 Å². The Labute approximate surface area is 147 Å². The smallest absolute Gasteiger partial charge is 0.317 e. The predicted molar refractivity (Wildman–Crippen MR) is 95.1 cm³/mol. The fraction of sp³-hybridized carbons (Fsp3) is 0.316. The minimum atomic E-state index is -0.0689. The van der Waals surface area contributed by atoms with E-state index in [1.54, 1.807) is 0 Å². The number of carbonyl (C=O) groups excluding carboxylic acids is 1. The van der Waals surface area contributed by atoms with Crippen molar-refractivity contribution in [1.82, 2.24) is 10.2 Å². The van der Waals surface area contributed by atoms with Crippen LogP contribution in [0, 0.1) is 6.92 Å². The van der Waals surface area contributed by atoms with E-state index in [1.165, 1.54) is 5.56 Å². The summed E-state index contributed by atoms with van der Waals surface area (Å²) >= 11 is 5.87. The number of ether oxygens (including phenoxy) is 1. The maximum atomic E-state index is 12.4. The van der Waals surface area contributed by atoms with Crippen molar-refractivity contribution < 1.29 is 9.53 Å². The highest BCUT2D eigenvalue weighted by Crippen LogP contribution is 2.22.